The van der Waals surface area contributed by atoms with Crippen LogP contribution in [0.3, 0.4) is 0 Å². The van der Waals surface area contributed by atoms with Crippen LogP contribution in [-0.2, 0) is 0 Å². The highest BCUT2D eigenvalue weighted by Crippen LogP contribution is 2.13. The Hall–Kier alpha value is -0.160. The monoisotopic (exact) mass is 277 g/mol. The van der Waals surface area contributed by atoms with E-state index in [0.717, 1.165) is 29.8 Å². The Kier molecular flexibility index (Phi) is 4.81. The van der Waals surface area contributed by atoms with Crippen LogP contribution in [0.5, 0.6) is 0 Å². The number of piperazine rings is 1. The summed E-state index contributed by atoms with van der Waals surface area (Å²) in [4.78, 5) is 4.35. The number of hydrogen-bond donors (Lipinski definition) is 2. The predicted octanol–water partition coefficient (Wildman–Crippen LogP) is 1.50. The first-order valence-electron chi connectivity index (χ1n) is 4.42. The lowest BCUT2D eigenvalue weighted by atomic mass is 10.1. The summed E-state index contributed by atoms with van der Waals surface area (Å²) in [6.45, 7) is 3.03. The number of rotatable bonds is 1. The van der Waals surface area contributed by atoms with E-state index in [4.69, 9.17) is 0 Å². The lowest BCUT2D eigenvalue weighted by Crippen LogP contribution is -2.42. The highest BCUT2D eigenvalue weighted by molar-refractivity contribution is 9.10. The zero-order valence-electron chi connectivity index (χ0n) is 7.66. The smallest absolute Gasteiger partial charge is 0.0622 e. The molecule has 78 valence electrons. The summed E-state index contributed by atoms with van der Waals surface area (Å²) in [6.07, 6.45) is 1.84. The highest BCUT2D eigenvalue weighted by atomic mass is 79.9. The SMILES string of the molecule is Brc1ccc([C@@H]2CNCCN2)nc1.Cl. The lowest BCUT2D eigenvalue weighted by Gasteiger charge is -2.23. The van der Waals surface area contributed by atoms with Crippen molar-refractivity contribution < 1.29 is 0 Å². The van der Waals surface area contributed by atoms with Gasteiger partial charge < -0.3 is 10.6 Å². The largest absolute Gasteiger partial charge is 0.314 e. The van der Waals surface area contributed by atoms with E-state index in [1.807, 2.05) is 12.3 Å². The van der Waals surface area contributed by atoms with Crippen molar-refractivity contribution in [2.45, 2.75) is 6.04 Å². The fourth-order valence-corrected chi connectivity index (χ4v) is 1.69. The zero-order chi connectivity index (χ0) is 9.10. The van der Waals surface area contributed by atoms with Crippen molar-refractivity contribution in [2.75, 3.05) is 19.6 Å². The first kappa shape index (κ1) is 11.9. The molecule has 0 radical (unpaired) electrons. The third kappa shape index (κ3) is 2.92. The van der Waals surface area contributed by atoms with E-state index in [2.05, 4.69) is 37.6 Å². The Balaban J connectivity index is 0.000000980. The van der Waals surface area contributed by atoms with Gasteiger partial charge in [-0.1, -0.05) is 0 Å². The highest BCUT2D eigenvalue weighted by Gasteiger charge is 2.14. The molecule has 5 heteroatoms. The summed E-state index contributed by atoms with van der Waals surface area (Å²) in [5.41, 5.74) is 1.11. The van der Waals surface area contributed by atoms with Gasteiger partial charge in [0.2, 0.25) is 0 Å². The van der Waals surface area contributed by atoms with E-state index >= 15 is 0 Å². The minimum atomic E-state index is 0. The van der Waals surface area contributed by atoms with Crippen LogP contribution in [0.4, 0.5) is 0 Å². The first-order valence-corrected chi connectivity index (χ1v) is 5.21. The Morgan fingerprint density at radius 1 is 1.36 bits per heavy atom. The molecule has 1 aromatic heterocycles. The maximum atomic E-state index is 4.35. The lowest BCUT2D eigenvalue weighted by molar-refractivity contribution is 0.423. The van der Waals surface area contributed by atoms with Crippen molar-refractivity contribution in [3.05, 3.63) is 28.5 Å². The molecule has 1 aliphatic heterocycles. The van der Waals surface area contributed by atoms with E-state index in [0.29, 0.717) is 6.04 Å². The third-order valence-electron chi connectivity index (χ3n) is 2.15. The minimum Gasteiger partial charge on any atom is -0.314 e. The topological polar surface area (TPSA) is 37.0 Å². The van der Waals surface area contributed by atoms with E-state index in [1.165, 1.54) is 0 Å². The van der Waals surface area contributed by atoms with Gasteiger partial charge in [0.15, 0.2) is 0 Å². The van der Waals surface area contributed by atoms with Gasteiger partial charge in [0.1, 0.15) is 0 Å². The first-order chi connectivity index (χ1) is 6.36. The van der Waals surface area contributed by atoms with Gasteiger partial charge >= 0.3 is 0 Å². The summed E-state index contributed by atoms with van der Waals surface area (Å²) in [6, 6.07) is 4.44. The molecule has 1 atom stereocenters. The average molecular weight is 279 g/mol. The predicted molar refractivity (Wildman–Crippen MR) is 62.8 cm³/mol. The average Bonchev–Trinajstić information content (AvgIpc) is 2.20. The maximum absolute atomic E-state index is 4.35. The Labute approximate surface area is 98.2 Å². The van der Waals surface area contributed by atoms with Gasteiger partial charge in [-0.3, -0.25) is 4.98 Å². The van der Waals surface area contributed by atoms with Crippen LogP contribution < -0.4 is 10.6 Å². The van der Waals surface area contributed by atoms with Gasteiger partial charge in [-0.2, -0.15) is 0 Å². The summed E-state index contributed by atoms with van der Waals surface area (Å²) in [7, 11) is 0. The van der Waals surface area contributed by atoms with Gasteiger partial charge in [-0.25, -0.2) is 0 Å². The normalized spacial score (nSPS) is 21.4. The van der Waals surface area contributed by atoms with Crippen LogP contribution in [0.25, 0.3) is 0 Å². The van der Waals surface area contributed by atoms with Crippen LogP contribution in [-0.4, -0.2) is 24.6 Å². The molecule has 2 N–H and O–H groups in total. The maximum Gasteiger partial charge on any atom is 0.0622 e. The van der Waals surface area contributed by atoms with Crippen LogP contribution in [0.15, 0.2) is 22.8 Å². The Morgan fingerprint density at radius 3 is 2.79 bits per heavy atom. The van der Waals surface area contributed by atoms with Gasteiger partial charge in [-0.15, -0.1) is 12.4 Å². The molecule has 0 aliphatic carbocycles. The van der Waals surface area contributed by atoms with Crippen molar-refractivity contribution in [2.24, 2.45) is 0 Å². The molecule has 1 aliphatic rings. The standard InChI is InChI=1S/C9H12BrN3.ClH/c10-7-1-2-8(13-5-7)9-6-11-3-4-12-9;/h1-2,5,9,11-12H,3-4,6H2;1H/t9-;/m0./s1. The molecule has 2 heterocycles. The second-order valence-corrected chi connectivity index (χ2v) is 4.03. The summed E-state index contributed by atoms with van der Waals surface area (Å²) in [5.74, 6) is 0. The second-order valence-electron chi connectivity index (χ2n) is 3.11. The van der Waals surface area contributed by atoms with Gasteiger partial charge in [0.05, 0.1) is 11.7 Å². The van der Waals surface area contributed by atoms with E-state index in [1.54, 1.807) is 0 Å². The molecule has 1 saturated heterocycles. The zero-order valence-corrected chi connectivity index (χ0v) is 10.1. The van der Waals surface area contributed by atoms with E-state index in [9.17, 15) is 0 Å². The third-order valence-corrected chi connectivity index (χ3v) is 2.62. The molecule has 1 fully saturated rings. The summed E-state index contributed by atoms with van der Waals surface area (Å²) >= 11 is 3.37. The number of hydrogen-bond acceptors (Lipinski definition) is 3. The second kappa shape index (κ2) is 5.66. The number of aromatic nitrogens is 1. The van der Waals surface area contributed by atoms with Crippen molar-refractivity contribution in [1.29, 1.82) is 0 Å². The fourth-order valence-electron chi connectivity index (χ4n) is 1.46. The van der Waals surface area contributed by atoms with Crippen LogP contribution in [0, 0.1) is 0 Å². The van der Waals surface area contributed by atoms with Gasteiger partial charge in [0.25, 0.3) is 0 Å². The van der Waals surface area contributed by atoms with Crippen molar-refractivity contribution >= 4 is 28.3 Å². The van der Waals surface area contributed by atoms with Crippen molar-refractivity contribution in [1.82, 2.24) is 15.6 Å². The Bertz CT molecular complexity index is 272. The van der Waals surface area contributed by atoms with Crippen LogP contribution in [0.1, 0.15) is 11.7 Å². The molecule has 0 spiro atoms. The summed E-state index contributed by atoms with van der Waals surface area (Å²) in [5, 5.41) is 6.75. The molecule has 2 rings (SSSR count). The number of nitrogens with one attached hydrogen (secondary N) is 2. The van der Waals surface area contributed by atoms with Crippen molar-refractivity contribution in [3.63, 3.8) is 0 Å². The minimum absolute atomic E-state index is 0. The number of pyridine rings is 1. The molecule has 0 aromatic carbocycles. The molecule has 0 amide bonds. The Morgan fingerprint density at radius 2 is 2.21 bits per heavy atom. The number of halogens is 2. The van der Waals surface area contributed by atoms with Gasteiger partial charge in [-0.05, 0) is 28.1 Å². The molecule has 3 nitrogen and oxygen atoms in total. The summed E-state index contributed by atoms with van der Waals surface area (Å²) < 4.78 is 1.03. The fraction of sp³-hybridized carbons (Fsp3) is 0.444. The molecule has 0 bridgehead atoms. The van der Waals surface area contributed by atoms with Crippen LogP contribution in [0.2, 0.25) is 0 Å². The van der Waals surface area contributed by atoms with Gasteiger partial charge in [0, 0.05) is 30.3 Å². The molecule has 0 unspecified atom stereocenters. The molecule has 0 saturated carbocycles. The number of nitrogens with zero attached hydrogens (tertiary/aromatic N) is 1. The van der Waals surface area contributed by atoms with E-state index < -0.39 is 0 Å². The quantitative estimate of drug-likeness (QED) is 0.817. The van der Waals surface area contributed by atoms with Crippen molar-refractivity contribution in [3.8, 4) is 0 Å². The molecular weight excluding hydrogens is 265 g/mol. The van der Waals surface area contributed by atoms with Crippen LogP contribution >= 0.6 is 28.3 Å². The molecule has 1 aromatic rings. The molecular formula is C9H13BrClN3. The van der Waals surface area contributed by atoms with E-state index in [-0.39, 0.29) is 12.4 Å². The molecule has 14 heavy (non-hydrogen) atoms.